The van der Waals surface area contributed by atoms with Gasteiger partial charge in [-0.25, -0.2) is 4.98 Å². The Morgan fingerprint density at radius 1 is 1.12 bits per heavy atom. The molecule has 6 nitrogen and oxygen atoms in total. The molecule has 3 aliphatic heterocycles. The third kappa shape index (κ3) is 2.79. The van der Waals surface area contributed by atoms with Crippen LogP contribution in [0.25, 0.3) is 9.53 Å². The molecule has 8 heteroatoms. The van der Waals surface area contributed by atoms with Crippen molar-refractivity contribution in [2.45, 2.75) is 38.1 Å². The normalized spacial score (nSPS) is 23.8. The molecule has 0 aliphatic carbocycles. The number of thiazole rings is 1. The fraction of sp³-hybridized carbons (Fsp3) is 0.611. The zero-order chi connectivity index (χ0) is 17.7. The number of likely N-dealkylation sites (tertiary alicyclic amines) is 2. The van der Waals surface area contributed by atoms with Gasteiger partial charge in [-0.3, -0.25) is 9.59 Å². The van der Waals surface area contributed by atoms with E-state index in [9.17, 15) is 9.59 Å². The molecule has 0 spiro atoms. The van der Waals surface area contributed by atoms with Gasteiger partial charge in [-0.15, -0.1) is 11.3 Å². The molecule has 2 aromatic rings. The summed E-state index contributed by atoms with van der Waals surface area (Å²) in [5.74, 6) is 0.344. The average Bonchev–Trinajstić information content (AvgIpc) is 3.38. The summed E-state index contributed by atoms with van der Waals surface area (Å²) in [7, 11) is 0. The number of fused-ring (bicyclic) bond motifs is 1. The first kappa shape index (κ1) is 16.5. The van der Waals surface area contributed by atoms with Gasteiger partial charge in [-0.05, 0) is 31.7 Å². The van der Waals surface area contributed by atoms with Crippen LogP contribution in [-0.2, 0) is 4.79 Å². The van der Waals surface area contributed by atoms with Gasteiger partial charge in [0, 0.05) is 39.1 Å². The van der Waals surface area contributed by atoms with Gasteiger partial charge in [0.15, 0.2) is 5.13 Å². The maximum Gasteiger partial charge on any atom is 0.264 e. The number of rotatable bonds is 3. The molecule has 0 N–H and O–H groups in total. The zero-order valence-corrected chi connectivity index (χ0v) is 16.3. The van der Waals surface area contributed by atoms with Crippen LogP contribution in [0, 0.1) is 0 Å². The van der Waals surface area contributed by atoms with E-state index in [2.05, 4.69) is 4.90 Å². The Morgan fingerprint density at radius 3 is 2.69 bits per heavy atom. The Balaban J connectivity index is 1.29. The molecule has 1 atom stereocenters. The SMILES string of the molecule is O=C(c1cc2sc(N3CCCC3)nc2s1)N1CCC(N2CCCC2=O)C1. The largest absolute Gasteiger partial charge is 0.348 e. The fourth-order valence-electron chi connectivity index (χ4n) is 4.26. The monoisotopic (exact) mass is 390 g/mol. The van der Waals surface area contributed by atoms with Crippen molar-refractivity contribution in [2.75, 3.05) is 37.6 Å². The van der Waals surface area contributed by atoms with Crippen molar-refractivity contribution in [1.82, 2.24) is 14.8 Å². The molecule has 3 fully saturated rings. The van der Waals surface area contributed by atoms with Crippen LogP contribution < -0.4 is 4.90 Å². The molecule has 138 valence electrons. The second kappa shape index (κ2) is 6.49. The van der Waals surface area contributed by atoms with E-state index in [1.165, 1.54) is 24.2 Å². The number of anilines is 1. The van der Waals surface area contributed by atoms with Gasteiger partial charge < -0.3 is 14.7 Å². The topological polar surface area (TPSA) is 56.8 Å². The third-order valence-electron chi connectivity index (χ3n) is 5.67. The van der Waals surface area contributed by atoms with E-state index >= 15 is 0 Å². The molecule has 0 saturated carbocycles. The summed E-state index contributed by atoms with van der Waals surface area (Å²) in [5.41, 5.74) is 0. The Hall–Kier alpha value is -1.67. The molecule has 2 aromatic heterocycles. The molecule has 5 heterocycles. The summed E-state index contributed by atoms with van der Waals surface area (Å²) < 4.78 is 1.12. The van der Waals surface area contributed by atoms with E-state index in [0.29, 0.717) is 13.0 Å². The Labute approximate surface area is 160 Å². The minimum absolute atomic E-state index is 0.0945. The van der Waals surface area contributed by atoms with E-state index in [1.54, 1.807) is 11.3 Å². The van der Waals surface area contributed by atoms with Gasteiger partial charge in [0.05, 0.1) is 15.6 Å². The highest BCUT2D eigenvalue weighted by atomic mass is 32.1. The minimum atomic E-state index is 0.0945. The molecule has 26 heavy (non-hydrogen) atoms. The number of thiophene rings is 1. The zero-order valence-electron chi connectivity index (χ0n) is 14.6. The summed E-state index contributed by atoms with van der Waals surface area (Å²) in [4.78, 5) is 37.6. The molecule has 0 bridgehead atoms. The van der Waals surface area contributed by atoms with Gasteiger partial charge in [0.1, 0.15) is 4.83 Å². The van der Waals surface area contributed by atoms with Crippen LogP contribution in [0.2, 0.25) is 0 Å². The van der Waals surface area contributed by atoms with Crippen LogP contribution in [-0.4, -0.2) is 65.4 Å². The van der Waals surface area contributed by atoms with E-state index in [1.807, 2.05) is 15.9 Å². The van der Waals surface area contributed by atoms with Crippen molar-refractivity contribution in [1.29, 1.82) is 0 Å². The number of aromatic nitrogens is 1. The summed E-state index contributed by atoms with van der Waals surface area (Å²) in [6.45, 7) is 4.45. The van der Waals surface area contributed by atoms with Crippen LogP contribution in [0.1, 0.15) is 41.8 Å². The quantitative estimate of drug-likeness (QED) is 0.809. The van der Waals surface area contributed by atoms with Crippen molar-refractivity contribution in [3.05, 3.63) is 10.9 Å². The van der Waals surface area contributed by atoms with Crippen LogP contribution >= 0.6 is 22.7 Å². The Morgan fingerprint density at radius 2 is 1.96 bits per heavy atom. The van der Waals surface area contributed by atoms with E-state index in [4.69, 9.17) is 4.98 Å². The Kier molecular flexibility index (Phi) is 4.12. The predicted molar refractivity (Wildman–Crippen MR) is 104 cm³/mol. The van der Waals surface area contributed by atoms with Crippen LogP contribution in [0.5, 0.6) is 0 Å². The number of hydrogen-bond donors (Lipinski definition) is 0. The molecule has 2 amide bonds. The first-order valence-electron chi connectivity index (χ1n) is 9.43. The molecule has 0 radical (unpaired) electrons. The second-order valence-corrected chi connectivity index (χ2v) is 9.39. The van der Waals surface area contributed by atoms with Crippen molar-refractivity contribution in [3.8, 4) is 0 Å². The van der Waals surface area contributed by atoms with Gasteiger partial charge in [0.2, 0.25) is 5.91 Å². The lowest BCUT2D eigenvalue weighted by atomic mass is 10.2. The summed E-state index contributed by atoms with van der Waals surface area (Å²) >= 11 is 3.20. The molecule has 3 aliphatic rings. The summed E-state index contributed by atoms with van der Waals surface area (Å²) in [6, 6.07) is 2.21. The maximum absolute atomic E-state index is 12.9. The highest BCUT2D eigenvalue weighted by Crippen LogP contribution is 2.36. The molecule has 5 rings (SSSR count). The number of hydrogen-bond acceptors (Lipinski definition) is 6. The minimum Gasteiger partial charge on any atom is -0.348 e. The van der Waals surface area contributed by atoms with Crippen LogP contribution in [0.15, 0.2) is 6.07 Å². The lowest BCUT2D eigenvalue weighted by molar-refractivity contribution is -0.129. The van der Waals surface area contributed by atoms with Crippen molar-refractivity contribution >= 4 is 49.1 Å². The average molecular weight is 391 g/mol. The van der Waals surface area contributed by atoms with Gasteiger partial charge >= 0.3 is 0 Å². The van der Waals surface area contributed by atoms with Gasteiger partial charge in [0.25, 0.3) is 5.91 Å². The predicted octanol–water partition coefficient (Wildman–Crippen LogP) is 2.79. The highest BCUT2D eigenvalue weighted by molar-refractivity contribution is 7.29. The molecule has 1 unspecified atom stereocenters. The van der Waals surface area contributed by atoms with Crippen molar-refractivity contribution in [2.24, 2.45) is 0 Å². The number of amides is 2. The lowest BCUT2D eigenvalue weighted by Crippen LogP contribution is -2.39. The number of nitrogens with zero attached hydrogens (tertiary/aromatic N) is 4. The fourth-order valence-corrected chi connectivity index (χ4v) is 6.50. The molecule has 3 saturated heterocycles. The lowest BCUT2D eigenvalue weighted by Gasteiger charge is -2.24. The Bertz CT molecular complexity index is 823. The smallest absolute Gasteiger partial charge is 0.264 e. The number of carbonyl (C=O) groups is 2. The van der Waals surface area contributed by atoms with E-state index in [0.717, 1.165) is 58.6 Å². The molecular formula is C18H22N4O2S2. The van der Waals surface area contributed by atoms with E-state index < -0.39 is 0 Å². The van der Waals surface area contributed by atoms with Crippen molar-refractivity contribution in [3.63, 3.8) is 0 Å². The second-order valence-electron chi connectivity index (χ2n) is 7.36. The first-order valence-corrected chi connectivity index (χ1v) is 11.1. The van der Waals surface area contributed by atoms with Gasteiger partial charge in [-0.1, -0.05) is 11.3 Å². The van der Waals surface area contributed by atoms with Crippen molar-refractivity contribution < 1.29 is 9.59 Å². The molecule has 0 aromatic carbocycles. The third-order valence-corrected chi connectivity index (χ3v) is 7.88. The highest BCUT2D eigenvalue weighted by Gasteiger charge is 2.35. The standard InChI is InChI=1S/C18H22N4O2S2/c23-15-4-3-8-22(15)12-5-9-21(11-12)17(24)14-10-13-16(25-14)19-18(26-13)20-6-1-2-7-20/h10,12H,1-9,11H2. The van der Waals surface area contributed by atoms with Gasteiger partial charge in [-0.2, -0.15) is 0 Å². The van der Waals surface area contributed by atoms with E-state index in [-0.39, 0.29) is 17.9 Å². The molecular weight excluding hydrogens is 368 g/mol. The first-order chi connectivity index (χ1) is 12.7. The number of carbonyl (C=O) groups excluding carboxylic acids is 2. The summed E-state index contributed by atoms with van der Waals surface area (Å²) in [5, 5.41) is 1.09. The van der Waals surface area contributed by atoms with Crippen LogP contribution in [0.3, 0.4) is 0 Å². The maximum atomic E-state index is 12.9. The summed E-state index contributed by atoms with van der Waals surface area (Å²) in [6.07, 6.45) is 5.00. The van der Waals surface area contributed by atoms with Crippen LogP contribution in [0.4, 0.5) is 5.13 Å².